The summed E-state index contributed by atoms with van der Waals surface area (Å²) in [4.78, 5) is 30.5. The molecule has 3 aromatic rings. The van der Waals surface area contributed by atoms with Gasteiger partial charge in [-0.2, -0.15) is 0 Å². The summed E-state index contributed by atoms with van der Waals surface area (Å²) in [5.41, 5.74) is 1.85. The summed E-state index contributed by atoms with van der Waals surface area (Å²) in [6.45, 7) is 1.48. The number of rotatable bonds is 5. The minimum atomic E-state index is -0.791. The number of aromatic nitrogens is 3. The molecule has 4 rings (SSSR count). The normalized spacial score (nSPS) is 14.4. The summed E-state index contributed by atoms with van der Waals surface area (Å²) in [6.07, 6.45) is 1.02. The first-order valence-electron chi connectivity index (χ1n) is 9.74. The van der Waals surface area contributed by atoms with Gasteiger partial charge in [0.1, 0.15) is 5.75 Å². The summed E-state index contributed by atoms with van der Waals surface area (Å²) in [7, 11) is 4.60. The van der Waals surface area contributed by atoms with Gasteiger partial charge in [0.25, 0.3) is 6.17 Å². The van der Waals surface area contributed by atoms with Crippen molar-refractivity contribution in [3.8, 4) is 28.5 Å². The van der Waals surface area contributed by atoms with Crippen molar-refractivity contribution >= 4 is 23.4 Å². The predicted molar refractivity (Wildman–Crippen MR) is 120 cm³/mol. The zero-order chi connectivity index (χ0) is 23.0. The second kappa shape index (κ2) is 8.54. The first-order chi connectivity index (χ1) is 15.4. The molecule has 0 spiro atoms. The van der Waals surface area contributed by atoms with E-state index in [0.717, 1.165) is 0 Å². The SMILES string of the molecule is COc1cc(OC)c([C@@H]2N(C(C)=O)c3ccccc3-c3c(=O)[nH]c(SC)n[n+]32)cc1OC. The van der Waals surface area contributed by atoms with E-state index in [0.29, 0.717) is 44.9 Å². The van der Waals surface area contributed by atoms with Gasteiger partial charge in [-0.25, -0.2) is 4.90 Å². The molecular weight excluding hydrogens is 432 g/mol. The van der Waals surface area contributed by atoms with E-state index >= 15 is 0 Å². The molecule has 0 bridgehead atoms. The maximum Gasteiger partial charge on any atom is 0.325 e. The first kappa shape index (κ1) is 21.7. The van der Waals surface area contributed by atoms with Gasteiger partial charge in [-0.15, -0.1) is 0 Å². The number of H-pyrrole nitrogens is 1. The Bertz CT molecular complexity index is 1260. The van der Waals surface area contributed by atoms with E-state index in [1.165, 1.54) is 40.0 Å². The molecule has 166 valence electrons. The minimum Gasteiger partial charge on any atom is -0.496 e. The van der Waals surface area contributed by atoms with Crippen LogP contribution in [0.25, 0.3) is 11.3 Å². The first-order valence-corrected chi connectivity index (χ1v) is 11.0. The number of ether oxygens (including phenoxy) is 3. The lowest BCUT2D eigenvalue weighted by Crippen LogP contribution is -2.60. The van der Waals surface area contributed by atoms with Crippen LogP contribution < -0.4 is 29.4 Å². The lowest BCUT2D eigenvalue weighted by atomic mass is 10.0. The standard InChI is InChI=1S/C22H22N4O5S/c1-12(27)25-15-9-7-6-8-13(15)19-20(28)23-22(32-5)24-26(19)21(25)14-10-17(30-3)18(31-4)11-16(14)29-2/h6-11,21H,1-5H3/p+1/t21-/m1/s1. The molecule has 2 aromatic carbocycles. The Balaban J connectivity index is 2.12. The van der Waals surface area contributed by atoms with E-state index in [9.17, 15) is 9.59 Å². The third-order valence-corrected chi connectivity index (χ3v) is 5.88. The minimum absolute atomic E-state index is 0.217. The van der Waals surface area contributed by atoms with Gasteiger partial charge in [0, 0.05) is 18.1 Å². The predicted octanol–water partition coefficient (Wildman–Crippen LogP) is 2.39. The third kappa shape index (κ3) is 3.36. The highest BCUT2D eigenvalue weighted by Crippen LogP contribution is 2.43. The van der Waals surface area contributed by atoms with E-state index in [-0.39, 0.29) is 11.5 Å². The summed E-state index contributed by atoms with van der Waals surface area (Å²) in [5.74, 6) is 1.19. The quantitative estimate of drug-likeness (QED) is 0.466. The molecule has 1 aliphatic heterocycles. The number of carbonyl (C=O) groups excluding carboxylic acids is 1. The number of para-hydroxylation sites is 1. The van der Waals surface area contributed by atoms with Crippen LogP contribution in [0.3, 0.4) is 0 Å². The number of amides is 1. The molecule has 0 aliphatic carbocycles. The molecule has 10 heteroatoms. The molecule has 9 nitrogen and oxygen atoms in total. The number of benzene rings is 2. The van der Waals surface area contributed by atoms with Gasteiger partial charge in [-0.3, -0.25) is 14.6 Å². The number of nitrogens with one attached hydrogen (secondary N) is 1. The average molecular weight is 456 g/mol. The second-order valence-corrected chi connectivity index (χ2v) is 7.78. The number of thioether (sulfide) groups is 1. The number of aromatic amines is 1. The Morgan fingerprint density at radius 3 is 2.38 bits per heavy atom. The molecule has 32 heavy (non-hydrogen) atoms. The van der Waals surface area contributed by atoms with Crippen molar-refractivity contribution in [2.45, 2.75) is 18.2 Å². The fourth-order valence-corrected chi connectivity index (χ4v) is 4.30. The van der Waals surface area contributed by atoms with Crippen LogP contribution in [0.1, 0.15) is 18.7 Å². The second-order valence-electron chi connectivity index (χ2n) is 6.99. The van der Waals surface area contributed by atoms with Crippen LogP contribution in [0.4, 0.5) is 5.69 Å². The zero-order valence-corrected chi connectivity index (χ0v) is 19.1. The Morgan fingerprint density at radius 2 is 1.75 bits per heavy atom. The van der Waals surface area contributed by atoms with Crippen LogP contribution in [-0.4, -0.2) is 43.6 Å². The van der Waals surface area contributed by atoms with E-state index in [1.54, 1.807) is 27.8 Å². The molecular formula is C22H23N4O5S+. The number of nitrogens with zero attached hydrogens (tertiary/aromatic N) is 3. The number of hydrogen-bond donors (Lipinski definition) is 1. The molecule has 1 aliphatic rings. The molecule has 0 unspecified atom stereocenters. The average Bonchev–Trinajstić information content (AvgIpc) is 2.81. The van der Waals surface area contributed by atoms with Gasteiger partial charge in [0.2, 0.25) is 11.1 Å². The monoisotopic (exact) mass is 455 g/mol. The molecule has 2 heterocycles. The number of methoxy groups -OCH3 is 3. The Hall–Kier alpha value is -3.53. The molecule has 1 aromatic heterocycles. The number of hydrogen-bond acceptors (Lipinski definition) is 7. The number of fused-ring (bicyclic) bond motifs is 3. The molecule has 1 amide bonds. The van der Waals surface area contributed by atoms with E-state index in [1.807, 2.05) is 24.5 Å². The molecule has 1 N–H and O–H groups in total. The van der Waals surface area contributed by atoms with Crippen LogP contribution in [-0.2, 0) is 4.79 Å². The fourth-order valence-electron chi connectivity index (χ4n) is 3.94. The van der Waals surface area contributed by atoms with E-state index in [4.69, 9.17) is 14.2 Å². The molecule has 0 saturated carbocycles. The van der Waals surface area contributed by atoms with Gasteiger partial charge in [0.15, 0.2) is 11.5 Å². The van der Waals surface area contributed by atoms with Crippen molar-refractivity contribution in [2.75, 3.05) is 32.5 Å². The molecule has 0 saturated heterocycles. The van der Waals surface area contributed by atoms with E-state index in [2.05, 4.69) is 10.1 Å². The largest absolute Gasteiger partial charge is 0.496 e. The highest BCUT2D eigenvalue weighted by molar-refractivity contribution is 7.98. The Labute approximate surface area is 188 Å². The van der Waals surface area contributed by atoms with Crippen molar-refractivity contribution in [1.29, 1.82) is 0 Å². The summed E-state index contributed by atoms with van der Waals surface area (Å²) in [6, 6.07) is 10.7. The number of carbonyl (C=O) groups is 1. The molecule has 0 fully saturated rings. The summed E-state index contributed by atoms with van der Waals surface area (Å²) >= 11 is 1.30. The zero-order valence-electron chi connectivity index (χ0n) is 18.3. The van der Waals surface area contributed by atoms with Crippen LogP contribution in [0.2, 0.25) is 0 Å². The summed E-state index contributed by atoms with van der Waals surface area (Å²) < 4.78 is 18.1. The number of anilines is 1. The highest BCUT2D eigenvalue weighted by atomic mass is 32.2. The van der Waals surface area contributed by atoms with Gasteiger partial charge < -0.3 is 14.2 Å². The smallest absolute Gasteiger partial charge is 0.325 e. The maximum absolute atomic E-state index is 13.1. The lowest BCUT2D eigenvalue weighted by Gasteiger charge is -2.32. The van der Waals surface area contributed by atoms with Crippen LogP contribution >= 0.6 is 11.8 Å². The van der Waals surface area contributed by atoms with Crippen LogP contribution in [0, 0.1) is 0 Å². The van der Waals surface area contributed by atoms with Crippen LogP contribution in [0.5, 0.6) is 17.2 Å². The van der Waals surface area contributed by atoms with Crippen molar-refractivity contribution < 1.29 is 23.7 Å². The fraction of sp³-hybridized carbons (Fsp3) is 0.273. The molecule has 1 atom stereocenters. The van der Waals surface area contributed by atoms with Crippen molar-refractivity contribution in [1.82, 2.24) is 10.1 Å². The van der Waals surface area contributed by atoms with Gasteiger partial charge in [0.05, 0.1) is 38.1 Å². The van der Waals surface area contributed by atoms with Gasteiger partial charge in [-0.05, 0) is 29.1 Å². The van der Waals surface area contributed by atoms with Crippen molar-refractivity contribution in [3.63, 3.8) is 0 Å². The summed E-state index contributed by atoms with van der Waals surface area (Å²) in [5, 5.41) is 5.08. The van der Waals surface area contributed by atoms with Crippen molar-refractivity contribution in [3.05, 3.63) is 52.3 Å². The van der Waals surface area contributed by atoms with E-state index < -0.39 is 6.17 Å². The van der Waals surface area contributed by atoms with Crippen molar-refractivity contribution in [2.24, 2.45) is 0 Å². The van der Waals surface area contributed by atoms with Gasteiger partial charge in [-0.1, -0.05) is 23.9 Å². The maximum atomic E-state index is 13.1. The van der Waals surface area contributed by atoms with Crippen LogP contribution in [0.15, 0.2) is 46.3 Å². The Kier molecular flexibility index (Phi) is 5.79. The highest BCUT2D eigenvalue weighted by Gasteiger charge is 2.46. The van der Waals surface area contributed by atoms with Gasteiger partial charge >= 0.3 is 11.3 Å². The Morgan fingerprint density at radius 1 is 1.09 bits per heavy atom. The molecule has 0 radical (unpaired) electrons. The lowest BCUT2D eigenvalue weighted by molar-refractivity contribution is -0.763. The topological polar surface area (TPSA) is 97.6 Å². The third-order valence-electron chi connectivity index (χ3n) is 5.30.